The molecule has 98 valence electrons. The molecule has 0 fully saturated rings. The van der Waals surface area contributed by atoms with Gasteiger partial charge in [-0.15, -0.1) is 0 Å². The summed E-state index contributed by atoms with van der Waals surface area (Å²) in [5, 5.41) is 3.71. The van der Waals surface area contributed by atoms with Crippen LogP contribution in [0.2, 0.25) is 5.02 Å². The lowest BCUT2D eigenvalue weighted by atomic mass is 9.94. The van der Waals surface area contributed by atoms with Gasteiger partial charge in [0.25, 0.3) is 0 Å². The Bertz CT molecular complexity index is 597. The van der Waals surface area contributed by atoms with Crippen molar-refractivity contribution >= 4 is 17.3 Å². The molecule has 1 heterocycles. The van der Waals surface area contributed by atoms with Crippen LogP contribution in [0.25, 0.3) is 0 Å². The fourth-order valence-electron chi connectivity index (χ4n) is 2.61. The highest BCUT2D eigenvalue weighted by molar-refractivity contribution is 6.30. The lowest BCUT2D eigenvalue weighted by molar-refractivity contribution is 0.610. The Morgan fingerprint density at radius 1 is 1.21 bits per heavy atom. The zero-order valence-corrected chi connectivity index (χ0v) is 11.3. The number of aryl methyl sites for hydroxylation is 1. The van der Waals surface area contributed by atoms with E-state index in [0.29, 0.717) is 6.04 Å². The van der Waals surface area contributed by atoms with Crippen molar-refractivity contribution in [3.8, 4) is 0 Å². The molecule has 1 aliphatic rings. The van der Waals surface area contributed by atoms with Crippen molar-refractivity contribution in [3.63, 3.8) is 0 Å². The maximum absolute atomic E-state index is 13.4. The minimum Gasteiger partial charge on any atom is -0.382 e. The molecule has 1 N–H and O–H groups in total. The third kappa shape index (κ3) is 2.74. The average molecular weight is 276 g/mol. The second-order valence-electron chi connectivity index (χ2n) is 4.99. The summed E-state index contributed by atoms with van der Waals surface area (Å²) in [4.78, 5) is 0. The molecule has 19 heavy (non-hydrogen) atoms. The topological polar surface area (TPSA) is 12.0 Å². The molecule has 1 atom stereocenters. The number of para-hydroxylation sites is 1. The second kappa shape index (κ2) is 5.22. The first-order valence-electron chi connectivity index (χ1n) is 6.51. The predicted molar refractivity (Wildman–Crippen MR) is 77.3 cm³/mol. The third-order valence-electron chi connectivity index (χ3n) is 3.61. The van der Waals surface area contributed by atoms with E-state index in [1.165, 1.54) is 17.3 Å². The van der Waals surface area contributed by atoms with Crippen molar-refractivity contribution in [2.24, 2.45) is 0 Å². The van der Waals surface area contributed by atoms with Crippen LogP contribution in [0.3, 0.4) is 0 Å². The van der Waals surface area contributed by atoms with E-state index >= 15 is 0 Å². The smallest absolute Gasteiger partial charge is 0.142 e. The van der Waals surface area contributed by atoms with Gasteiger partial charge in [-0.2, -0.15) is 0 Å². The van der Waals surface area contributed by atoms with Gasteiger partial charge in [0.05, 0.1) is 5.02 Å². The molecule has 3 heteroatoms. The summed E-state index contributed by atoms with van der Waals surface area (Å²) < 4.78 is 13.4. The van der Waals surface area contributed by atoms with Gasteiger partial charge in [-0.1, -0.05) is 35.9 Å². The molecule has 0 bridgehead atoms. The second-order valence-corrected chi connectivity index (χ2v) is 5.40. The molecule has 0 saturated carbocycles. The molecule has 2 aromatic rings. The maximum atomic E-state index is 13.4. The van der Waals surface area contributed by atoms with Gasteiger partial charge in [0.1, 0.15) is 5.82 Å². The number of fused-ring (bicyclic) bond motifs is 1. The molecular weight excluding hydrogens is 261 g/mol. The third-order valence-corrected chi connectivity index (χ3v) is 3.91. The number of benzene rings is 2. The van der Waals surface area contributed by atoms with Crippen LogP contribution in [0.15, 0.2) is 42.5 Å². The van der Waals surface area contributed by atoms with Gasteiger partial charge in [0.2, 0.25) is 0 Å². The van der Waals surface area contributed by atoms with Crippen molar-refractivity contribution < 1.29 is 4.39 Å². The molecule has 0 radical (unpaired) electrons. The fourth-order valence-corrected chi connectivity index (χ4v) is 2.72. The van der Waals surface area contributed by atoms with Gasteiger partial charge < -0.3 is 5.32 Å². The van der Waals surface area contributed by atoms with Crippen LogP contribution in [-0.2, 0) is 12.8 Å². The number of hydrogen-bond donors (Lipinski definition) is 1. The molecule has 2 aromatic carbocycles. The average Bonchev–Trinajstić information content (AvgIpc) is 2.43. The molecule has 1 unspecified atom stereocenters. The lowest BCUT2D eigenvalue weighted by Gasteiger charge is -2.27. The Labute approximate surface area is 117 Å². The minimum absolute atomic E-state index is 0.186. The van der Waals surface area contributed by atoms with Crippen LogP contribution < -0.4 is 5.32 Å². The summed E-state index contributed by atoms with van der Waals surface area (Å²) >= 11 is 5.70. The van der Waals surface area contributed by atoms with E-state index in [0.717, 1.165) is 24.8 Å². The Balaban J connectivity index is 1.73. The number of halogens is 2. The summed E-state index contributed by atoms with van der Waals surface area (Å²) in [6.45, 7) is 0. The molecule has 0 amide bonds. The van der Waals surface area contributed by atoms with E-state index < -0.39 is 0 Å². The van der Waals surface area contributed by atoms with Crippen LogP contribution in [-0.4, -0.2) is 6.04 Å². The van der Waals surface area contributed by atoms with Crippen LogP contribution in [0.1, 0.15) is 17.5 Å². The van der Waals surface area contributed by atoms with Gasteiger partial charge in [-0.25, -0.2) is 4.39 Å². The maximum Gasteiger partial charge on any atom is 0.142 e. The largest absolute Gasteiger partial charge is 0.382 e. The molecule has 0 aliphatic carbocycles. The number of hydrogen-bond acceptors (Lipinski definition) is 1. The van der Waals surface area contributed by atoms with E-state index in [1.807, 2.05) is 12.1 Å². The Morgan fingerprint density at radius 2 is 2.05 bits per heavy atom. The Kier molecular flexibility index (Phi) is 3.43. The zero-order valence-electron chi connectivity index (χ0n) is 10.5. The number of rotatable bonds is 2. The lowest BCUT2D eigenvalue weighted by Crippen LogP contribution is -2.27. The van der Waals surface area contributed by atoms with E-state index in [-0.39, 0.29) is 10.8 Å². The molecule has 0 spiro atoms. The monoisotopic (exact) mass is 275 g/mol. The summed E-state index contributed by atoms with van der Waals surface area (Å²) in [6.07, 6.45) is 2.97. The highest BCUT2D eigenvalue weighted by Crippen LogP contribution is 2.26. The minimum atomic E-state index is -0.338. The summed E-state index contributed by atoms with van der Waals surface area (Å²) in [6, 6.07) is 13.8. The predicted octanol–water partition coefficient (Wildman–Crippen LogP) is 4.45. The van der Waals surface area contributed by atoms with Gasteiger partial charge in [-0.05, 0) is 48.6 Å². The quantitative estimate of drug-likeness (QED) is 0.854. The molecule has 1 nitrogen and oxygen atoms in total. The van der Waals surface area contributed by atoms with Crippen LogP contribution in [0, 0.1) is 5.82 Å². The summed E-state index contributed by atoms with van der Waals surface area (Å²) in [7, 11) is 0. The standard InChI is InChI=1S/C16H15ClFN/c17-14-8-5-11(10-15(14)18)9-13-7-6-12-3-1-2-4-16(12)19-13/h1-5,8,10,13,19H,6-7,9H2. The van der Waals surface area contributed by atoms with Gasteiger partial charge in [-0.3, -0.25) is 0 Å². The molecule has 1 aliphatic heterocycles. The summed E-state index contributed by atoms with van der Waals surface area (Å²) in [5.41, 5.74) is 3.55. The van der Waals surface area contributed by atoms with Gasteiger partial charge >= 0.3 is 0 Å². The Morgan fingerprint density at radius 3 is 2.89 bits per heavy atom. The van der Waals surface area contributed by atoms with Crippen LogP contribution in [0.4, 0.5) is 10.1 Å². The van der Waals surface area contributed by atoms with Crippen molar-refractivity contribution in [2.45, 2.75) is 25.3 Å². The van der Waals surface area contributed by atoms with Crippen molar-refractivity contribution in [1.29, 1.82) is 0 Å². The zero-order chi connectivity index (χ0) is 13.2. The van der Waals surface area contributed by atoms with Gasteiger partial charge in [0, 0.05) is 11.7 Å². The summed E-state index contributed by atoms with van der Waals surface area (Å²) in [5.74, 6) is -0.338. The number of anilines is 1. The van der Waals surface area contributed by atoms with E-state index in [4.69, 9.17) is 11.6 Å². The molecule has 3 rings (SSSR count). The van der Waals surface area contributed by atoms with Gasteiger partial charge in [0.15, 0.2) is 0 Å². The highest BCUT2D eigenvalue weighted by Gasteiger charge is 2.17. The SMILES string of the molecule is Fc1cc(CC2CCc3ccccc3N2)ccc1Cl. The van der Waals surface area contributed by atoms with Crippen LogP contribution in [0.5, 0.6) is 0 Å². The van der Waals surface area contributed by atoms with Crippen LogP contribution >= 0.6 is 11.6 Å². The molecule has 0 aromatic heterocycles. The molecular formula is C16H15ClFN. The first kappa shape index (κ1) is 12.5. The normalized spacial score (nSPS) is 17.7. The van der Waals surface area contributed by atoms with Crippen molar-refractivity contribution in [3.05, 3.63) is 64.4 Å². The fraction of sp³-hybridized carbons (Fsp3) is 0.250. The van der Waals surface area contributed by atoms with E-state index in [2.05, 4.69) is 23.5 Å². The van der Waals surface area contributed by atoms with E-state index in [1.54, 1.807) is 6.07 Å². The molecule has 0 saturated heterocycles. The highest BCUT2D eigenvalue weighted by atomic mass is 35.5. The first-order valence-corrected chi connectivity index (χ1v) is 6.88. The van der Waals surface area contributed by atoms with Crippen molar-refractivity contribution in [2.75, 3.05) is 5.32 Å². The van der Waals surface area contributed by atoms with E-state index in [9.17, 15) is 4.39 Å². The van der Waals surface area contributed by atoms with Crippen molar-refractivity contribution in [1.82, 2.24) is 0 Å². The first-order chi connectivity index (χ1) is 9.22. The Hall–Kier alpha value is -1.54. The number of nitrogens with one attached hydrogen (secondary N) is 1.